The third kappa shape index (κ3) is 2.96. The molecule has 1 heterocycles. The summed E-state index contributed by atoms with van der Waals surface area (Å²) in [4.78, 5) is 14.4. The predicted octanol–water partition coefficient (Wildman–Crippen LogP) is 3.33. The molecule has 1 saturated heterocycles. The van der Waals surface area contributed by atoms with Gasteiger partial charge in [-0.25, -0.2) is 0 Å². The number of hydrogen-bond acceptors (Lipinski definition) is 5. The molecule has 0 unspecified atom stereocenters. The molecule has 0 bridgehead atoms. The van der Waals surface area contributed by atoms with Crippen molar-refractivity contribution in [3.05, 3.63) is 35.4 Å². The monoisotopic (exact) mass is 309 g/mol. The second kappa shape index (κ2) is 6.76. The van der Waals surface area contributed by atoms with Gasteiger partial charge in [0.1, 0.15) is 16.9 Å². The molecule has 0 aromatic heterocycles. The zero-order valence-electron chi connectivity index (χ0n) is 11.3. The molecule has 1 aromatic carbocycles. The van der Waals surface area contributed by atoms with Crippen molar-refractivity contribution in [3.63, 3.8) is 0 Å². The minimum Gasteiger partial charge on any atom is -0.500 e. The number of anilines is 1. The number of ether oxygens (including phenoxy) is 2. The summed E-state index contributed by atoms with van der Waals surface area (Å²) in [5.74, 6) is 0.463. The SMILES string of the molecule is CCO/C=C1\SC(=S)N(c2ccccc2OCC)C1=O. The fourth-order valence-corrected chi connectivity index (χ4v) is 2.94. The van der Waals surface area contributed by atoms with Gasteiger partial charge in [0.15, 0.2) is 4.32 Å². The number of amides is 1. The Kier molecular flexibility index (Phi) is 5.03. The zero-order chi connectivity index (χ0) is 14.5. The summed E-state index contributed by atoms with van der Waals surface area (Å²) in [7, 11) is 0. The largest absolute Gasteiger partial charge is 0.500 e. The summed E-state index contributed by atoms with van der Waals surface area (Å²) >= 11 is 6.52. The van der Waals surface area contributed by atoms with Crippen LogP contribution in [0.4, 0.5) is 5.69 Å². The molecule has 106 valence electrons. The Hall–Kier alpha value is -1.53. The fourth-order valence-electron chi connectivity index (χ4n) is 1.74. The molecule has 2 rings (SSSR count). The van der Waals surface area contributed by atoms with E-state index in [-0.39, 0.29) is 5.91 Å². The number of para-hydroxylation sites is 2. The number of thiocarbonyl (C=S) groups is 1. The van der Waals surface area contributed by atoms with Crippen LogP contribution in [-0.2, 0) is 9.53 Å². The van der Waals surface area contributed by atoms with Gasteiger partial charge in [-0.15, -0.1) is 0 Å². The number of benzene rings is 1. The van der Waals surface area contributed by atoms with Crippen LogP contribution in [0.1, 0.15) is 13.8 Å². The molecule has 6 heteroatoms. The van der Waals surface area contributed by atoms with Crippen LogP contribution in [0, 0.1) is 0 Å². The Balaban J connectivity index is 2.33. The van der Waals surface area contributed by atoms with E-state index in [1.807, 2.05) is 38.1 Å². The van der Waals surface area contributed by atoms with Crippen molar-refractivity contribution in [1.82, 2.24) is 0 Å². The molecule has 1 aliphatic heterocycles. The third-order valence-corrected chi connectivity index (χ3v) is 3.84. The van der Waals surface area contributed by atoms with Crippen LogP contribution < -0.4 is 9.64 Å². The minimum absolute atomic E-state index is 0.180. The predicted molar refractivity (Wildman–Crippen MR) is 85.0 cm³/mol. The maximum absolute atomic E-state index is 12.4. The van der Waals surface area contributed by atoms with Gasteiger partial charge in [-0.3, -0.25) is 9.69 Å². The van der Waals surface area contributed by atoms with Crippen molar-refractivity contribution in [1.29, 1.82) is 0 Å². The lowest BCUT2D eigenvalue weighted by Crippen LogP contribution is -2.28. The Labute approximate surface area is 127 Å². The zero-order valence-corrected chi connectivity index (χ0v) is 12.9. The lowest BCUT2D eigenvalue weighted by atomic mass is 10.2. The summed E-state index contributed by atoms with van der Waals surface area (Å²) in [5, 5.41) is 0. The Bertz CT molecular complexity index is 557. The van der Waals surface area contributed by atoms with Gasteiger partial charge in [-0.05, 0) is 26.0 Å². The van der Waals surface area contributed by atoms with Crippen LogP contribution in [0.5, 0.6) is 5.75 Å². The Morgan fingerprint density at radius 3 is 2.75 bits per heavy atom. The summed E-state index contributed by atoms with van der Waals surface area (Å²) in [6.45, 7) is 4.80. The molecular formula is C14H15NO3S2. The van der Waals surface area contributed by atoms with E-state index in [0.717, 1.165) is 0 Å². The lowest BCUT2D eigenvalue weighted by Gasteiger charge is -2.18. The fraction of sp³-hybridized carbons (Fsp3) is 0.286. The summed E-state index contributed by atoms with van der Waals surface area (Å²) in [5.41, 5.74) is 0.664. The van der Waals surface area contributed by atoms with Gasteiger partial charge in [0.2, 0.25) is 0 Å². The van der Waals surface area contributed by atoms with Gasteiger partial charge < -0.3 is 9.47 Å². The third-order valence-electron chi connectivity index (χ3n) is 2.56. The standard InChI is InChI=1S/C14H15NO3S2/c1-3-17-9-12-13(16)15(14(19)20-12)10-7-5-6-8-11(10)18-4-2/h5-9H,3-4H2,1-2H3/b12-9-. The van der Waals surface area contributed by atoms with E-state index in [4.69, 9.17) is 21.7 Å². The van der Waals surface area contributed by atoms with Gasteiger partial charge in [0.25, 0.3) is 5.91 Å². The summed E-state index contributed by atoms with van der Waals surface area (Å²) in [6, 6.07) is 7.36. The van der Waals surface area contributed by atoms with E-state index in [2.05, 4.69) is 0 Å². The molecule has 1 aromatic rings. The van der Waals surface area contributed by atoms with Crippen molar-refractivity contribution in [2.75, 3.05) is 18.1 Å². The van der Waals surface area contributed by atoms with Gasteiger partial charge in [-0.2, -0.15) is 0 Å². The normalized spacial score (nSPS) is 16.9. The highest BCUT2D eigenvalue weighted by molar-refractivity contribution is 8.27. The maximum atomic E-state index is 12.4. The molecule has 0 saturated carbocycles. The van der Waals surface area contributed by atoms with E-state index >= 15 is 0 Å². The summed E-state index contributed by atoms with van der Waals surface area (Å²) in [6.07, 6.45) is 1.46. The molecular weight excluding hydrogens is 294 g/mol. The highest BCUT2D eigenvalue weighted by Gasteiger charge is 2.35. The first-order valence-electron chi connectivity index (χ1n) is 6.28. The average molecular weight is 309 g/mol. The smallest absolute Gasteiger partial charge is 0.274 e. The second-order valence-electron chi connectivity index (χ2n) is 3.85. The van der Waals surface area contributed by atoms with Crippen LogP contribution in [0.25, 0.3) is 0 Å². The highest BCUT2D eigenvalue weighted by Crippen LogP contribution is 2.38. The van der Waals surface area contributed by atoms with Crippen LogP contribution in [-0.4, -0.2) is 23.4 Å². The van der Waals surface area contributed by atoms with Crippen LogP contribution in [0.2, 0.25) is 0 Å². The van der Waals surface area contributed by atoms with E-state index in [1.165, 1.54) is 22.9 Å². The Morgan fingerprint density at radius 1 is 1.30 bits per heavy atom. The van der Waals surface area contributed by atoms with Crippen LogP contribution in [0.3, 0.4) is 0 Å². The van der Waals surface area contributed by atoms with Gasteiger partial charge in [0, 0.05) is 0 Å². The Morgan fingerprint density at radius 2 is 2.05 bits per heavy atom. The average Bonchev–Trinajstić information content (AvgIpc) is 2.72. The second-order valence-corrected chi connectivity index (χ2v) is 5.52. The van der Waals surface area contributed by atoms with Crippen molar-refractivity contribution in [2.24, 2.45) is 0 Å². The van der Waals surface area contributed by atoms with Crippen molar-refractivity contribution >= 4 is 39.9 Å². The van der Waals surface area contributed by atoms with Crippen molar-refractivity contribution in [3.8, 4) is 5.75 Å². The molecule has 0 aliphatic carbocycles. The molecule has 1 aliphatic rings. The van der Waals surface area contributed by atoms with Gasteiger partial charge >= 0.3 is 0 Å². The van der Waals surface area contributed by atoms with E-state index in [1.54, 1.807) is 0 Å². The first-order chi connectivity index (χ1) is 9.69. The number of carbonyl (C=O) groups excluding carboxylic acids is 1. The molecule has 0 spiro atoms. The van der Waals surface area contributed by atoms with Gasteiger partial charge in [-0.1, -0.05) is 36.1 Å². The molecule has 4 nitrogen and oxygen atoms in total. The highest BCUT2D eigenvalue weighted by atomic mass is 32.2. The number of carbonyl (C=O) groups is 1. The van der Waals surface area contributed by atoms with E-state index in [9.17, 15) is 4.79 Å². The lowest BCUT2D eigenvalue weighted by molar-refractivity contribution is -0.113. The number of hydrogen-bond donors (Lipinski definition) is 0. The molecule has 0 N–H and O–H groups in total. The first kappa shape index (κ1) is 14.9. The molecule has 1 fully saturated rings. The first-order valence-corrected chi connectivity index (χ1v) is 7.51. The van der Waals surface area contributed by atoms with Gasteiger partial charge in [0.05, 0.1) is 18.9 Å². The van der Waals surface area contributed by atoms with Crippen LogP contribution in [0.15, 0.2) is 35.4 Å². The number of rotatable bonds is 5. The quantitative estimate of drug-likeness (QED) is 0.474. The van der Waals surface area contributed by atoms with Crippen molar-refractivity contribution in [2.45, 2.75) is 13.8 Å². The van der Waals surface area contributed by atoms with Crippen LogP contribution >= 0.6 is 24.0 Å². The number of nitrogens with zero attached hydrogens (tertiary/aromatic N) is 1. The molecule has 1 amide bonds. The van der Waals surface area contributed by atoms with Crippen molar-refractivity contribution < 1.29 is 14.3 Å². The molecule has 20 heavy (non-hydrogen) atoms. The molecule has 0 atom stereocenters. The topological polar surface area (TPSA) is 38.8 Å². The minimum atomic E-state index is -0.180. The summed E-state index contributed by atoms with van der Waals surface area (Å²) < 4.78 is 11.2. The maximum Gasteiger partial charge on any atom is 0.274 e. The molecule has 0 radical (unpaired) electrons. The van der Waals surface area contributed by atoms with E-state index in [0.29, 0.717) is 33.9 Å². The number of thioether (sulfide) groups is 1. The van der Waals surface area contributed by atoms with E-state index < -0.39 is 0 Å².